The second kappa shape index (κ2) is 2.34. The number of aromatic amines is 1. The van der Waals surface area contributed by atoms with Gasteiger partial charge in [0, 0.05) is 22.8 Å². The van der Waals surface area contributed by atoms with Crippen LogP contribution in [0.3, 0.4) is 0 Å². The molecule has 0 amide bonds. The van der Waals surface area contributed by atoms with Crippen molar-refractivity contribution in [2.45, 2.75) is 6.92 Å². The number of rotatable bonds is 0. The van der Waals surface area contributed by atoms with Gasteiger partial charge in [-0.2, -0.15) is 0 Å². The Morgan fingerprint density at radius 1 is 1.55 bits per heavy atom. The predicted molar refractivity (Wildman–Crippen MR) is 48.5 cm³/mol. The highest BCUT2D eigenvalue weighted by Crippen LogP contribution is 2.21. The maximum atomic E-state index is 4.27. The van der Waals surface area contributed by atoms with Gasteiger partial charge in [0.1, 0.15) is 4.60 Å². The van der Waals surface area contributed by atoms with Gasteiger partial charge in [0.15, 0.2) is 0 Å². The molecule has 2 aromatic heterocycles. The number of H-pyrrole nitrogens is 1. The van der Waals surface area contributed by atoms with Crippen LogP contribution in [0.2, 0.25) is 0 Å². The smallest absolute Gasteiger partial charge is 0.115 e. The number of nitrogens with zero attached hydrogens (tertiary/aromatic N) is 1. The second-order valence-corrected chi connectivity index (χ2v) is 3.24. The van der Waals surface area contributed by atoms with E-state index in [1.807, 2.05) is 25.3 Å². The van der Waals surface area contributed by atoms with Crippen molar-refractivity contribution in [2.75, 3.05) is 0 Å². The largest absolute Gasteiger partial charge is 0.361 e. The maximum absolute atomic E-state index is 4.27. The van der Waals surface area contributed by atoms with Crippen molar-refractivity contribution >= 4 is 26.8 Å². The number of hydrogen-bond donors (Lipinski definition) is 1. The summed E-state index contributed by atoms with van der Waals surface area (Å²) in [4.78, 5) is 7.40. The third-order valence-electron chi connectivity index (χ3n) is 1.63. The normalized spacial score (nSPS) is 10.7. The number of aromatic nitrogens is 2. The first-order valence-corrected chi connectivity index (χ1v) is 4.17. The molecule has 0 aliphatic carbocycles. The molecular weight excluding hydrogens is 204 g/mol. The number of pyridine rings is 1. The van der Waals surface area contributed by atoms with E-state index in [0.717, 1.165) is 21.2 Å². The van der Waals surface area contributed by atoms with Crippen molar-refractivity contribution in [2.24, 2.45) is 0 Å². The Morgan fingerprint density at radius 2 is 2.36 bits per heavy atom. The van der Waals surface area contributed by atoms with Crippen molar-refractivity contribution in [3.8, 4) is 0 Å². The zero-order valence-corrected chi connectivity index (χ0v) is 7.64. The van der Waals surface area contributed by atoms with Crippen molar-refractivity contribution in [1.82, 2.24) is 9.97 Å². The minimum atomic E-state index is 0.911. The van der Waals surface area contributed by atoms with E-state index in [2.05, 4.69) is 25.9 Å². The molecule has 3 heteroatoms. The van der Waals surface area contributed by atoms with Crippen LogP contribution < -0.4 is 0 Å². The number of hydrogen-bond acceptors (Lipinski definition) is 1. The standard InChI is InChI=1S/C8H7BrN2/c1-5-4-7-6(2-3-10-7)8(9)11-5/h2-4,10H,1H3. The minimum Gasteiger partial charge on any atom is -0.361 e. The van der Waals surface area contributed by atoms with Crippen LogP contribution in [-0.2, 0) is 0 Å². The molecule has 0 aliphatic heterocycles. The summed E-state index contributed by atoms with van der Waals surface area (Å²) in [6.07, 6.45) is 1.91. The summed E-state index contributed by atoms with van der Waals surface area (Å²) in [5.74, 6) is 0. The van der Waals surface area contributed by atoms with Gasteiger partial charge in [0.25, 0.3) is 0 Å². The van der Waals surface area contributed by atoms with E-state index >= 15 is 0 Å². The van der Waals surface area contributed by atoms with E-state index < -0.39 is 0 Å². The third-order valence-corrected chi connectivity index (χ3v) is 2.23. The zero-order chi connectivity index (χ0) is 7.84. The fourth-order valence-electron chi connectivity index (χ4n) is 1.14. The van der Waals surface area contributed by atoms with Crippen LogP contribution in [0.1, 0.15) is 5.69 Å². The van der Waals surface area contributed by atoms with Crippen LogP contribution in [0.4, 0.5) is 0 Å². The van der Waals surface area contributed by atoms with Gasteiger partial charge in [-0.3, -0.25) is 0 Å². The van der Waals surface area contributed by atoms with E-state index in [1.54, 1.807) is 0 Å². The van der Waals surface area contributed by atoms with Crippen LogP contribution in [0.25, 0.3) is 10.9 Å². The Balaban J connectivity index is 2.91. The van der Waals surface area contributed by atoms with Crippen LogP contribution in [0, 0.1) is 6.92 Å². The van der Waals surface area contributed by atoms with E-state index in [-0.39, 0.29) is 0 Å². The number of aryl methyl sites for hydroxylation is 1. The average molecular weight is 211 g/mol. The minimum absolute atomic E-state index is 0.911. The average Bonchev–Trinajstić information content (AvgIpc) is 2.34. The van der Waals surface area contributed by atoms with Gasteiger partial charge in [-0.25, -0.2) is 4.98 Å². The number of fused-ring (bicyclic) bond motifs is 1. The molecule has 56 valence electrons. The number of nitrogens with one attached hydrogen (secondary N) is 1. The first kappa shape index (κ1) is 6.85. The van der Waals surface area contributed by atoms with Crippen LogP contribution in [0.15, 0.2) is 22.9 Å². The Morgan fingerprint density at radius 3 is 3.18 bits per heavy atom. The molecule has 0 bridgehead atoms. The molecular formula is C8H7BrN2. The summed E-state index contributed by atoms with van der Waals surface area (Å²) < 4.78 is 0.911. The summed E-state index contributed by atoms with van der Waals surface area (Å²) in [6.45, 7) is 1.98. The van der Waals surface area contributed by atoms with Crippen molar-refractivity contribution < 1.29 is 0 Å². The lowest BCUT2D eigenvalue weighted by molar-refractivity contribution is 1.19. The van der Waals surface area contributed by atoms with Gasteiger partial charge >= 0.3 is 0 Å². The fourth-order valence-corrected chi connectivity index (χ4v) is 1.76. The highest BCUT2D eigenvalue weighted by atomic mass is 79.9. The quantitative estimate of drug-likeness (QED) is 0.666. The van der Waals surface area contributed by atoms with Crippen molar-refractivity contribution in [1.29, 1.82) is 0 Å². The molecule has 0 aliphatic rings. The predicted octanol–water partition coefficient (Wildman–Crippen LogP) is 2.63. The molecule has 0 radical (unpaired) electrons. The van der Waals surface area contributed by atoms with Crippen LogP contribution in [-0.4, -0.2) is 9.97 Å². The van der Waals surface area contributed by atoms with E-state index in [9.17, 15) is 0 Å². The lowest BCUT2D eigenvalue weighted by Gasteiger charge is -1.95. The summed E-state index contributed by atoms with van der Waals surface area (Å²) in [6, 6.07) is 4.03. The number of halogens is 1. The molecule has 0 fully saturated rings. The molecule has 0 saturated heterocycles. The van der Waals surface area contributed by atoms with Crippen molar-refractivity contribution in [3.05, 3.63) is 28.6 Å². The molecule has 0 unspecified atom stereocenters. The van der Waals surface area contributed by atoms with Gasteiger partial charge in [0.05, 0.1) is 0 Å². The highest BCUT2D eigenvalue weighted by molar-refractivity contribution is 9.10. The molecule has 2 aromatic rings. The summed E-state index contributed by atoms with van der Waals surface area (Å²) in [7, 11) is 0. The first-order chi connectivity index (χ1) is 5.27. The first-order valence-electron chi connectivity index (χ1n) is 3.37. The zero-order valence-electron chi connectivity index (χ0n) is 6.06. The molecule has 0 aromatic carbocycles. The maximum Gasteiger partial charge on any atom is 0.115 e. The summed E-state index contributed by atoms with van der Waals surface area (Å²) in [5.41, 5.74) is 2.15. The molecule has 11 heavy (non-hydrogen) atoms. The highest BCUT2D eigenvalue weighted by Gasteiger charge is 2.00. The van der Waals surface area contributed by atoms with E-state index in [0.29, 0.717) is 0 Å². The molecule has 2 rings (SSSR count). The topological polar surface area (TPSA) is 28.7 Å². The molecule has 2 nitrogen and oxygen atoms in total. The second-order valence-electron chi connectivity index (χ2n) is 2.49. The Labute approximate surface area is 72.8 Å². The third kappa shape index (κ3) is 1.05. The van der Waals surface area contributed by atoms with Gasteiger partial charge < -0.3 is 4.98 Å². The Bertz CT molecular complexity index is 392. The summed E-state index contributed by atoms with van der Waals surface area (Å²) in [5, 5.41) is 1.13. The monoisotopic (exact) mass is 210 g/mol. The SMILES string of the molecule is Cc1cc2[nH]ccc2c(Br)n1. The molecule has 0 spiro atoms. The van der Waals surface area contributed by atoms with Crippen LogP contribution >= 0.6 is 15.9 Å². The van der Waals surface area contributed by atoms with Gasteiger partial charge in [-0.05, 0) is 35.0 Å². The van der Waals surface area contributed by atoms with Crippen molar-refractivity contribution in [3.63, 3.8) is 0 Å². The van der Waals surface area contributed by atoms with Crippen LogP contribution in [0.5, 0.6) is 0 Å². The molecule has 0 saturated carbocycles. The molecule has 0 atom stereocenters. The molecule has 1 N–H and O–H groups in total. The molecule has 2 heterocycles. The van der Waals surface area contributed by atoms with E-state index in [1.165, 1.54) is 0 Å². The lowest BCUT2D eigenvalue weighted by Crippen LogP contribution is -1.81. The Kier molecular flexibility index (Phi) is 1.46. The lowest BCUT2D eigenvalue weighted by atomic mass is 10.3. The fraction of sp³-hybridized carbons (Fsp3) is 0.125. The summed E-state index contributed by atoms with van der Waals surface area (Å²) >= 11 is 3.40. The van der Waals surface area contributed by atoms with Gasteiger partial charge in [-0.15, -0.1) is 0 Å². The Hall–Kier alpha value is -0.830. The van der Waals surface area contributed by atoms with E-state index in [4.69, 9.17) is 0 Å². The van der Waals surface area contributed by atoms with Gasteiger partial charge in [0.2, 0.25) is 0 Å². The van der Waals surface area contributed by atoms with Gasteiger partial charge in [-0.1, -0.05) is 0 Å².